The van der Waals surface area contributed by atoms with E-state index in [1.165, 1.54) is 6.07 Å². The van der Waals surface area contributed by atoms with E-state index in [2.05, 4.69) is 31.2 Å². The van der Waals surface area contributed by atoms with Gasteiger partial charge < -0.3 is 5.32 Å². The van der Waals surface area contributed by atoms with E-state index in [0.29, 0.717) is 16.0 Å². The molecule has 1 N–H and O–H groups in total. The van der Waals surface area contributed by atoms with Gasteiger partial charge in [0.05, 0.1) is 15.9 Å². The largest absolute Gasteiger partial charge is 0.338 e. The van der Waals surface area contributed by atoms with Crippen molar-refractivity contribution in [2.75, 3.05) is 5.32 Å². The predicted molar refractivity (Wildman–Crippen MR) is 73.9 cm³/mol. The normalized spacial score (nSPS) is 10.5. The first kappa shape index (κ1) is 13.2. The lowest BCUT2D eigenvalue weighted by Crippen LogP contribution is -2.01. The van der Waals surface area contributed by atoms with Crippen molar-refractivity contribution in [1.29, 1.82) is 0 Å². The Morgan fingerprint density at radius 3 is 2.56 bits per heavy atom. The molecule has 0 saturated heterocycles. The third kappa shape index (κ3) is 2.79. The summed E-state index contributed by atoms with van der Waals surface area (Å²) < 4.78 is 13.8. The van der Waals surface area contributed by atoms with E-state index in [1.807, 2.05) is 13.8 Å². The summed E-state index contributed by atoms with van der Waals surface area (Å²) in [6.45, 7) is 3.67. The van der Waals surface area contributed by atoms with Crippen LogP contribution < -0.4 is 5.32 Å². The summed E-state index contributed by atoms with van der Waals surface area (Å²) >= 11 is 9.08. The Hall–Kier alpha value is -1.20. The molecular weight excluding hydrogens is 321 g/mol. The zero-order valence-corrected chi connectivity index (χ0v) is 12.1. The number of benzene rings is 1. The quantitative estimate of drug-likeness (QED) is 0.887. The number of rotatable bonds is 2. The van der Waals surface area contributed by atoms with Crippen molar-refractivity contribution < 1.29 is 4.39 Å². The Bertz CT molecular complexity index is 604. The van der Waals surface area contributed by atoms with Crippen LogP contribution in [0.5, 0.6) is 0 Å². The Morgan fingerprint density at radius 2 is 1.89 bits per heavy atom. The molecule has 0 unspecified atom stereocenters. The van der Waals surface area contributed by atoms with Gasteiger partial charge in [0.25, 0.3) is 0 Å². The van der Waals surface area contributed by atoms with Gasteiger partial charge in [-0.3, -0.25) is 0 Å². The predicted octanol–water partition coefficient (Wildman–Crippen LogP) is 4.39. The number of nitrogens with one attached hydrogen (secondary N) is 1. The first-order valence-corrected chi connectivity index (χ1v) is 6.37. The molecule has 3 nitrogen and oxygen atoms in total. The molecule has 0 aliphatic carbocycles. The van der Waals surface area contributed by atoms with E-state index in [4.69, 9.17) is 11.6 Å². The highest BCUT2D eigenvalue weighted by molar-refractivity contribution is 9.10. The van der Waals surface area contributed by atoms with Gasteiger partial charge in [0.1, 0.15) is 5.82 Å². The summed E-state index contributed by atoms with van der Waals surface area (Å²) in [4.78, 5) is 8.43. The Labute approximate surface area is 118 Å². The fourth-order valence-corrected chi connectivity index (χ4v) is 1.83. The Morgan fingerprint density at radius 1 is 1.22 bits per heavy atom. The summed E-state index contributed by atoms with van der Waals surface area (Å²) in [7, 11) is 0. The molecule has 94 valence electrons. The van der Waals surface area contributed by atoms with Gasteiger partial charge in [-0.25, -0.2) is 14.4 Å². The van der Waals surface area contributed by atoms with Crippen LogP contribution in [0.3, 0.4) is 0 Å². The van der Waals surface area contributed by atoms with Crippen molar-refractivity contribution in [3.05, 3.63) is 45.0 Å². The van der Waals surface area contributed by atoms with Crippen LogP contribution in [0.4, 0.5) is 15.9 Å². The number of hydrogen-bond acceptors (Lipinski definition) is 3. The van der Waals surface area contributed by atoms with Gasteiger partial charge in [-0.05, 0) is 48.0 Å². The van der Waals surface area contributed by atoms with Gasteiger partial charge in [-0.15, -0.1) is 0 Å². The summed E-state index contributed by atoms with van der Waals surface area (Å²) in [5, 5.41) is 3.21. The van der Waals surface area contributed by atoms with Crippen molar-refractivity contribution in [2.45, 2.75) is 13.8 Å². The maximum absolute atomic E-state index is 13.4. The van der Waals surface area contributed by atoms with Crippen LogP contribution in [0.2, 0.25) is 5.15 Å². The molecule has 0 atom stereocenters. The third-order valence-electron chi connectivity index (χ3n) is 2.45. The minimum Gasteiger partial charge on any atom is -0.338 e. The van der Waals surface area contributed by atoms with Crippen LogP contribution in [0.15, 0.2) is 22.7 Å². The molecule has 0 spiro atoms. The zero-order chi connectivity index (χ0) is 13.3. The second-order valence-electron chi connectivity index (χ2n) is 3.79. The van der Waals surface area contributed by atoms with E-state index in [-0.39, 0.29) is 11.0 Å². The highest BCUT2D eigenvalue weighted by atomic mass is 79.9. The molecule has 1 aromatic carbocycles. The Kier molecular flexibility index (Phi) is 3.82. The number of halogens is 3. The van der Waals surface area contributed by atoms with Gasteiger partial charge in [-0.2, -0.15) is 0 Å². The van der Waals surface area contributed by atoms with Crippen molar-refractivity contribution in [2.24, 2.45) is 0 Å². The molecule has 0 amide bonds. The number of aromatic nitrogens is 2. The van der Waals surface area contributed by atoms with E-state index in [1.54, 1.807) is 12.1 Å². The summed E-state index contributed by atoms with van der Waals surface area (Å²) in [5.41, 5.74) is 2.11. The molecule has 0 radical (unpaired) electrons. The molecule has 1 aromatic heterocycles. The second-order valence-corrected chi connectivity index (χ2v) is 5.00. The molecule has 0 bridgehead atoms. The topological polar surface area (TPSA) is 37.8 Å². The van der Waals surface area contributed by atoms with Crippen LogP contribution in [-0.4, -0.2) is 9.97 Å². The number of nitrogens with zero attached hydrogens (tertiary/aromatic N) is 2. The van der Waals surface area contributed by atoms with Crippen LogP contribution in [0.1, 0.15) is 11.4 Å². The molecule has 6 heteroatoms. The van der Waals surface area contributed by atoms with Gasteiger partial charge in [0.15, 0.2) is 11.0 Å². The fourth-order valence-electron chi connectivity index (χ4n) is 1.37. The van der Waals surface area contributed by atoms with Gasteiger partial charge >= 0.3 is 0 Å². The van der Waals surface area contributed by atoms with Crippen molar-refractivity contribution in [3.8, 4) is 0 Å². The first-order valence-electron chi connectivity index (χ1n) is 5.20. The van der Waals surface area contributed by atoms with E-state index in [9.17, 15) is 4.39 Å². The third-order valence-corrected chi connectivity index (χ3v) is 3.35. The number of hydrogen-bond donors (Lipinski definition) is 1. The maximum Gasteiger partial charge on any atom is 0.172 e. The molecule has 0 aliphatic rings. The smallest absolute Gasteiger partial charge is 0.172 e. The molecule has 0 fully saturated rings. The fraction of sp³-hybridized carbons (Fsp3) is 0.167. The summed E-state index contributed by atoms with van der Waals surface area (Å²) in [5.74, 6) is 0.0643. The standard InChI is InChI=1S/C12H10BrClFN3/c1-6-7(2)17-12(11(14)16-6)18-8-3-4-9(13)10(15)5-8/h3-5H,1-2H3,(H,17,18). The van der Waals surface area contributed by atoms with Crippen LogP contribution >= 0.6 is 27.5 Å². The van der Waals surface area contributed by atoms with E-state index >= 15 is 0 Å². The number of aryl methyl sites for hydroxylation is 2. The number of anilines is 2. The van der Waals surface area contributed by atoms with E-state index in [0.717, 1.165) is 11.4 Å². The Balaban J connectivity index is 2.34. The summed E-state index contributed by atoms with van der Waals surface area (Å²) in [6.07, 6.45) is 0. The molecule has 2 rings (SSSR count). The highest BCUT2D eigenvalue weighted by Gasteiger charge is 2.08. The van der Waals surface area contributed by atoms with Crippen molar-refractivity contribution in [1.82, 2.24) is 9.97 Å². The lowest BCUT2D eigenvalue weighted by atomic mass is 10.3. The lowest BCUT2D eigenvalue weighted by molar-refractivity contribution is 0.622. The van der Waals surface area contributed by atoms with Crippen molar-refractivity contribution >= 4 is 39.0 Å². The molecule has 0 aliphatic heterocycles. The average Bonchev–Trinajstić information content (AvgIpc) is 2.31. The SMILES string of the molecule is Cc1nc(Cl)c(Nc2ccc(Br)c(F)c2)nc1C. The first-order chi connectivity index (χ1) is 8.47. The lowest BCUT2D eigenvalue weighted by Gasteiger charge is -2.09. The second kappa shape index (κ2) is 5.20. The summed E-state index contributed by atoms with van der Waals surface area (Å²) in [6, 6.07) is 4.69. The van der Waals surface area contributed by atoms with Crippen LogP contribution in [-0.2, 0) is 0 Å². The zero-order valence-electron chi connectivity index (χ0n) is 9.76. The van der Waals surface area contributed by atoms with Gasteiger partial charge in [-0.1, -0.05) is 11.6 Å². The van der Waals surface area contributed by atoms with Crippen molar-refractivity contribution in [3.63, 3.8) is 0 Å². The van der Waals surface area contributed by atoms with Gasteiger partial charge in [0.2, 0.25) is 0 Å². The minimum atomic E-state index is -0.354. The monoisotopic (exact) mass is 329 g/mol. The van der Waals surface area contributed by atoms with Crippen LogP contribution in [0, 0.1) is 19.7 Å². The van der Waals surface area contributed by atoms with Gasteiger partial charge in [0, 0.05) is 5.69 Å². The maximum atomic E-state index is 13.4. The molecule has 1 heterocycles. The average molecular weight is 331 g/mol. The van der Waals surface area contributed by atoms with E-state index < -0.39 is 0 Å². The highest BCUT2D eigenvalue weighted by Crippen LogP contribution is 2.25. The molecule has 2 aromatic rings. The molecule has 0 saturated carbocycles. The molecule has 18 heavy (non-hydrogen) atoms. The van der Waals surface area contributed by atoms with Crippen LogP contribution in [0.25, 0.3) is 0 Å². The minimum absolute atomic E-state index is 0.265. The molecular formula is C12H10BrClFN3.